The Kier molecular flexibility index (Phi) is 23.9. The number of nitrogens with zero attached hydrogens (tertiary/aromatic N) is 6. The highest BCUT2D eigenvalue weighted by molar-refractivity contribution is 5.94. The predicted octanol–water partition coefficient (Wildman–Crippen LogP) is 9.87. The van der Waals surface area contributed by atoms with E-state index in [4.69, 9.17) is 23.7 Å². The summed E-state index contributed by atoms with van der Waals surface area (Å²) in [4.78, 5) is 13.3. The van der Waals surface area contributed by atoms with E-state index in [1.807, 2.05) is 40.8 Å². The number of allylic oxidation sites excluding steroid dienone is 1. The van der Waals surface area contributed by atoms with Gasteiger partial charge < -0.3 is 33.9 Å². The average Bonchev–Trinajstić information content (AvgIpc) is 3.97. The SMILES string of the molecule is CCCCCCCCCCCCn1cc(COc2ccc(/C=C/C(=O)C[C@@H]3O[C@@H]4COC(CCC)O[C@H]4[C@H](O)[C@H]3O)c(OCc3cn(CCCCCCCCCCCC)nn3)c2)nn1. The van der Waals surface area contributed by atoms with E-state index in [2.05, 4.69) is 34.5 Å². The number of aromatic nitrogens is 6. The maximum Gasteiger partial charge on any atom is 0.158 e. The second-order valence-corrected chi connectivity index (χ2v) is 17.9. The standard InChI is InChI=1S/C50H80N6O8/c1-4-7-9-11-13-15-17-19-21-23-30-55-34-40(51-53-55)36-60-43-29-27-39(26-28-42(57)32-45-48(58)49(59)50-46(63-45)38-62-47(64-50)25-6-3)44(33-43)61-37-41-35-56(54-52-41)31-24-22-20-18-16-14-12-10-8-5-2/h26-29,33-35,45-50,58-59H,4-25,30-32,36-38H2,1-3H3/b28-26+/t45-,46+,47?,48-,49+,50+/m0/s1. The van der Waals surface area contributed by atoms with Crippen LogP contribution in [0.5, 0.6) is 11.5 Å². The van der Waals surface area contributed by atoms with Crippen molar-refractivity contribution in [3.8, 4) is 11.5 Å². The van der Waals surface area contributed by atoms with E-state index in [1.54, 1.807) is 12.1 Å². The molecule has 3 aromatic rings. The van der Waals surface area contributed by atoms with E-state index >= 15 is 0 Å². The summed E-state index contributed by atoms with van der Waals surface area (Å²) in [6, 6.07) is 5.46. The van der Waals surface area contributed by atoms with Gasteiger partial charge in [0, 0.05) is 31.1 Å². The summed E-state index contributed by atoms with van der Waals surface area (Å²) < 4.78 is 33.9. The molecule has 1 aromatic carbocycles. The van der Waals surface area contributed by atoms with Crippen molar-refractivity contribution in [3.05, 3.63) is 53.6 Å². The van der Waals surface area contributed by atoms with Crippen molar-refractivity contribution in [1.29, 1.82) is 0 Å². The van der Waals surface area contributed by atoms with E-state index in [-0.39, 0.29) is 32.0 Å². The molecule has 358 valence electrons. The van der Waals surface area contributed by atoms with E-state index in [0.29, 0.717) is 29.2 Å². The number of carbonyl (C=O) groups is 1. The number of unbranched alkanes of at least 4 members (excludes halogenated alkanes) is 18. The second-order valence-electron chi connectivity index (χ2n) is 17.9. The van der Waals surface area contributed by atoms with Crippen molar-refractivity contribution in [2.75, 3.05) is 6.61 Å². The summed E-state index contributed by atoms with van der Waals surface area (Å²) >= 11 is 0. The number of hydrogen-bond acceptors (Lipinski definition) is 12. The van der Waals surface area contributed by atoms with Gasteiger partial charge in [0.1, 0.15) is 60.5 Å². The van der Waals surface area contributed by atoms with Crippen molar-refractivity contribution < 1.29 is 38.7 Å². The molecule has 0 radical (unpaired) electrons. The Morgan fingerprint density at radius 3 is 1.81 bits per heavy atom. The molecule has 2 aliphatic heterocycles. The first-order valence-electron chi connectivity index (χ1n) is 25.0. The third-order valence-electron chi connectivity index (χ3n) is 12.3. The Balaban J connectivity index is 1.13. The van der Waals surface area contributed by atoms with E-state index in [0.717, 1.165) is 38.0 Å². The summed E-state index contributed by atoms with van der Waals surface area (Å²) in [5.41, 5.74) is 2.08. The molecular formula is C50H80N6O8. The van der Waals surface area contributed by atoms with Gasteiger partial charge in [0.15, 0.2) is 12.1 Å². The Hall–Kier alpha value is -3.69. The summed E-state index contributed by atoms with van der Waals surface area (Å²) in [5.74, 6) is 0.798. The summed E-state index contributed by atoms with van der Waals surface area (Å²) in [6.45, 7) is 8.82. The Morgan fingerprint density at radius 1 is 0.703 bits per heavy atom. The molecule has 14 heteroatoms. The summed E-state index contributed by atoms with van der Waals surface area (Å²) in [7, 11) is 0. The summed E-state index contributed by atoms with van der Waals surface area (Å²) in [5, 5.41) is 39.2. The number of ether oxygens (including phenoxy) is 5. The molecule has 0 aliphatic carbocycles. The zero-order valence-corrected chi connectivity index (χ0v) is 39.3. The lowest BCUT2D eigenvalue weighted by Gasteiger charge is -2.46. The monoisotopic (exact) mass is 893 g/mol. The summed E-state index contributed by atoms with van der Waals surface area (Å²) in [6.07, 6.45) is 28.9. The van der Waals surface area contributed by atoms with Gasteiger partial charge in [0.2, 0.25) is 0 Å². The van der Waals surface area contributed by atoms with Gasteiger partial charge in [0.05, 0.1) is 25.1 Å². The van der Waals surface area contributed by atoms with Crippen LogP contribution in [0.3, 0.4) is 0 Å². The van der Waals surface area contributed by atoms with Gasteiger partial charge in [0.25, 0.3) is 0 Å². The average molecular weight is 893 g/mol. The van der Waals surface area contributed by atoms with Crippen molar-refractivity contribution in [2.45, 2.75) is 232 Å². The molecule has 5 rings (SSSR count). The maximum absolute atomic E-state index is 13.3. The molecule has 0 spiro atoms. The third-order valence-corrected chi connectivity index (χ3v) is 12.3. The highest BCUT2D eigenvalue weighted by Gasteiger charge is 2.48. The van der Waals surface area contributed by atoms with Gasteiger partial charge in [-0.25, -0.2) is 0 Å². The maximum atomic E-state index is 13.3. The number of rotatable bonds is 34. The molecule has 1 unspecified atom stereocenters. The van der Waals surface area contributed by atoms with Crippen LogP contribution in [0.15, 0.2) is 36.7 Å². The van der Waals surface area contributed by atoms with E-state index in [9.17, 15) is 15.0 Å². The fraction of sp³-hybridized carbons (Fsp3) is 0.740. The molecule has 2 saturated heterocycles. The molecule has 4 heterocycles. The molecule has 2 aliphatic rings. The van der Waals surface area contributed by atoms with Crippen LogP contribution >= 0.6 is 0 Å². The largest absolute Gasteiger partial charge is 0.487 e. The molecule has 0 saturated carbocycles. The molecule has 0 bridgehead atoms. The minimum Gasteiger partial charge on any atom is -0.487 e. The first-order chi connectivity index (χ1) is 31.4. The van der Waals surface area contributed by atoms with Crippen LogP contribution in [-0.4, -0.2) is 89.4 Å². The van der Waals surface area contributed by atoms with Crippen LogP contribution in [0.1, 0.15) is 185 Å². The number of hydrogen-bond donors (Lipinski definition) is 2. The lowest BCUT2D eigenvalue weighted by atomic mass is 9.91. The number of fused-ring (bicyclic) bond motifs is 1. The molecule has 64 heavy (non-hydrogen) atoms. The second kappa shape index (κ2) is 29.8. The fourth-order valence-corrected chi connectivity index (χ4v) is 8.47. The highest BCUT2D eigenvalue weighted by atomic mass is 16.7. The van der Waals surface area contributed by atoms with E-state index in [1.165, 1.54) is 122 Å². The minimum absolute atomic E-state index is 0.129. The first kappa shape index (κ1) is 51.3. The Labute approximate surface area is 382 Å². The molecule has 2 fully saturated rings. The van der Waals surface area contributed by atoms with Gasteiger partial charge in [-0.15, -0.1) is 10.2 Å². The number of benzene rings is 1. The number of aliphatic hydroxyl groups excluding tert-OH is 2. The van der Waals surface area contributed by atoms with Gasteiger partial charge in [-0.05, 0) is 43.5 Å². The van der Waals surface area contributed by atoms with Crippen LogP contribution < -0.4 is 9.47 Å². The van der Waals surface area contributed by atoms with Crippen LogP contribution in [0.2, 0.25) is 0 Å². The van der Waals surface area contributed by atoms with Gasteiger partial charge in [-0.1, -0.05) is 153 Å². The van der Waals surface area contributed by atoms with Crippen molar-refractivity contribution in [1.82, 2.24) is 30.0 Å². The third kappa shape index (κ3) is 18.3. The van der Waals surface area contributed by atoms with Crippen molar-refractivity contribution in [3.63, 3.8) is 0 Å². The number of aliphatic hydroxyl groups is 2. The van der Waals surface area contributed by atoms with Gasteiger partial charge in [-0.3, -0.25) is 14.2 Å². The zero-order valence-electron chi connectivity index (χ0n) is 39.3. The number of aryl methyl sites for hydroxylation is 2. The lowest BCUT2D eigenvalue weighted by Crippen LogP contribution is -2.62. The zero-order chi connectivity index (χ0) is 45.2. The number of carbonyl (C=O) groups excluding carboxylic acids is 1. The lowest BCUT2D eigenvalue weighted by molar-refractivity contribution is -0.325. The van der Waals surface area contributed by atoms with Crippen LogP contribution in [0.4, 0.5) is 0 Å². The topological polar surface area (TPSA) is 165 Å². The molecule has 6 atom stereocenters. The number of ketones is 1. The Bertz CT molecular complexity index is 1750. The first-order valence-corrected chi connectivity index (χ1v) is 25.0. The van der Waals surface area contributed by atoms with Crippen molar-refractivity contribution in [2.24, 2.45) is 0 Å². The fourth-order valence-electron chi connectivity index (χ4n) is 8.47. The van der Waals surface area contributed by atoms with Gasteiger partial charge in [-0.2, -0.15) is 0 Å². The van der Waals surface area contributed by atoms with Crippen LogP contribution in [-0.2, 0) is 45.3 Å². The predicted molar refractivity (Wildman–Crippen MR) is 248 cm³/mol. The molecule has 2 aromatic heterocycles. The van der Waals surface area contributed by atoms with Gasteiger partial charge >= 0.3 is 0 Å². The quantitative estimate of drug-likeness (QED) is 0.0431. The van der Waals surface area contributed by atoms with Crippen LogP contribution in [0.25, 0.3) is 6.08 Å². The molecule has 0 amide bonds. The smallest absolute Gasteiger partial charge is 0.158 e. The Morgan fingerprint density at radius 2 is 1.25 bits per heavy atom. The molecule has 2 N–H and O–H groups in total. The van der Waals surface area contributed by atoms with E-state index < -0.39 is 36.8 Å². The van der Waals surface area contributed by atoms with Crippen molar-refractivity contribution >= 4 is 11.9 Å². The highest BCUT2D eigenvalue weighted by Crippen LogP contribution is 2.32. The molecule has 14 nitrogen and oxygen atoms in total. The van der Waals surface area contributed by atoms with Crippen LogP contribution in [0, 0.1) is 0 Å². The molecular weight excluding hydrogens is 813 g/mol. The normalized spacial score (nSPS) is 21.1. The minimum atomic E-state index is -1.28.